The van der Waals surface area contributed by atoms with Gasteiger partial charge in [0.2, 0.25) is 10.0 Å². The van der Waals surface area contributed by atoms with Crippen molar-refractivity contribution in [2.45, 2.75) is 44.7 Å². The molecule has 7 nitrogen and oxygen atoms in total. The zero-order chi connectivity index (χ0) is 19.3. The minimum absolute atomic E-state index is 0.0737. The van der Waals surface area contributed by atoms with Gasteiger partial charge in [-0.3, -0.25) is 4.68 Å². The molecule has 2 N–H and O–H groups in total. The average molecular weight is 420 g/mol. The number of anilines is 1. The first kappa shape index (κ1) is 21.0. The van der Waals surface area contributed by atoms with E-state index in [4.69, 9.17) is 23.2 Å². The van der Waals surface area contributed by atoms with Gasteiger partial charge in [-0.05, 0) is 25.0 Å². The number of aromatic nitrogens is 3. The molecule has 2 atom stereocenters. The van der Waals surface area contributed by atoms with Crippen LogP contribution in [0.5, 0.6) is 0 Å². The zero-order valence-corrected chi connectivity index (χ0v) is 17.2. The van der Waals surface area contributed by atoms with Crippen molar-refractivity contribution < 1.29 is 8.42 Å². The lowest BCUT2D eigenvalue weighted by molar-refractivity contribution is 0.494. The number of nitrogens with zero attached hydrogens (tertiary/aromatic N) is 3. The largest absolute Gasteiger partial charge is 0.382 e. The summed E-state index contributed by atoms with van der Waals surface area (Å²) in [6, 6.07) is 3.37. The Morgan fingerprint density at radius 3 is 2.42 bits per heavy atom. The minimum Gasteiger partial charge on any atom is -0.382 e. The Morgan fingerprint density at radius 1 is 1.23 bits per heavy atom. The first-order valence-electron chi connectivity index (χ1n) is 8.32. The quantitative estimate of drug-likeness (QED) is 0.649. The molecule has 0 amide bonds. The maximum absolute atomic E-state index is 12.5. The minimum atomic E-state index is -3.84. The molecule has 0 aliphatic heterocycles. The number of benzene rings is 1. The summed E-state index contributed by atoms with van der Waals surface area (Å²) >= 11 is 12.4. The van der Waals surface area contributed by atoms with Gasteiger partial charge in [0.15, 0.2) is 0 Å². The monoisotopic (exact) mass is 419 g/mol. The summed E-state index contributed by atoms with van der Waals surface area (Å²) in [5.74, 6) is 0.453. The third kappa shape index (κ3) is 5.33. The van der Waals surface area contributed by atoms with E-state index in [-0.39, 0.29) is 27.5 Å². The molecule has 0 saturated carbocycles. The molecule has 2 unspecified atom stereocenters. The first-order chi connectivity index (χ1) is 12.2. The van der Waals surface area contributed by atoms with Crippen molar-refractivity contribution in [3.8, 4) is 0 Å². The van der Waals surface area contributed by atoms with Crippen LogP contribution in [0.3, 0.4) is 0 Å². The summed E-state index contributed by atoms with van der Waals surface area (Å²) in [5, 5.41) is 7.37. The molecule has 0 fully saturated rings. The molecule has 2 aromatic rings. The summed E-state index contributed by atoms with van der Waals surface area (Å²) in [4.78, 5) is 3.68. The van der Waals surface area contributed by atoms with Gasteiger partial charge in [-0.1, -0.05) is 43.5 Å². The van der Waals surface area contributed by atoms with Crippen LogP contribution < -0.4 is 10.0 Å². The van der Waals surface area contributed by atoms with Crippen LogP contribution in [0.25, 0.3) is 0 Å². The fourth-order valence-corrected chi connectivity index (χ4v) is 4.61. The zero-order valence-electron chi connectivity index (χ0n) is 14.9. The van der Waals surface area contributed by atoms with Gasteiger partial charge in [-0.15, -0.1) is 0 Å². The van der Waals surface area contributed by atoms with Gasteiger partial charge in [-0.2, -0.15) is 5.10 Å². The van der Waals surface area contributed by atoms with E-state index in [9.17, 15) is 8.42 Å². The van der Waals surface area contributed by atoms with Crippen LogP contribution in [0.2, 0.25) is 10.0 Å². The molecule has 144 valence electrons. The Hall–Kier alpha value is -1.35. The highest BCUT2D eigenvalue weighted by molar-refractivity contribution is 7.89. The Morgan fingerprint density at radius 2 is 1.88 bits per heavy atom. The maximum atomic E-state index is 12.5. The van der Waals surface area contributed by atoms with Gasteiger partial charge in [0.25, 0.3) is 0 Å². The van der Waals surface area contributed by atoms with Crippen LogP contribution >= 0.6 is 23.2 Å². The third-order valence-electron chi connectivity index (χ3n) is 4.26. The molecular weight excluding hydrogens is 397 g/mol. The van der Waals surface area contributed by atoms with Crippen LogP contribution in [-0.4, -0.2) is 35.8 Å². The van der Waals surface area contributed by atoms with E-state index in [0.717, 1.165) is 6.42 Å². The van der Waals surface area contributed by atoms with Gasteiger partial charge in [-0.25, -0.2) is 18.1 Å². The molecule has 0 spiro atoms. The number of rotatable bonds is 9. The van der Waals surface area contributed by atoms with Gasteiger partial charge in [0, 0.05) is 18.3 Å². The van der Waals surface area contributed by atoms with Crippen molar-refractivity contribution in [3.63, 3.8) is 0 Å². The number of sulfonamides is 1. The average Bonchev–Trinajstić information content (AvgIpc) is 3.06. The topological polar surface area (TPSA) is 88.9 Å². The highest BCUT2D eigenvalue weighted by Gasteiger charge is 2.23. The van der Waals surface area contributed by atoms with Crippen LogP contribution in [-0.2, 0) is 16.6 Å². The summed E-state index contributed by atoms with van der Waals surface area (Å²) in [7, 11) is -3.84. The number of halogens is 2. The number of nitrogens with one attached hydrogen (secondary N) is 2. The lowest BCUT2D eigenvalue weighted by Gasteiger charge is -2.22. The number of hydrogen-bond donors (Lipinski definition) is 2. The second-order valence-corrected chi connectivity index (χ2v) is 8.66. The highest BCUT2D eigenvalue weighted by atomic mass is 35.5. The van der Waals surface area contributed by atoms with Gasteiger partial charge in [0.1, 0.15) is 17.6 Å². The van der Waals surface area contributed by atoms with E-state index in [1.165, 1.54) is 17.3 Å². The molecule has 0 bridgehead atoms. The first-order valence-corrected chi connectivity index (χ1v) is 10.6. The Labute approximate surface area is 164 Å². The summed E-state index contributed by atoms with van der Waals surface area (Å²) < 4.78 is 29.1. The molecule has 1 heterocycles. The van der Waals surface area contributed by atoms with Crippen molar-refractivity contribution in [2.24, 2.45) is 5.92 Å². The summed E-state index contributed by atoms with van der Waals surface area (Å²) in [6.07, 6.45) is 3.92. The maximum Gasteiger partial charge on any atom is 0.243 e. The van der Waals surface area contributed by atoms with E-state index in [2.05, 4.69) is 40.9 Å². The van der Waals surface area contributed by atoms with Crippen molar-refractivity contribution in [3.05, 3.63) is 34.8 Å². The summed E-state index contributed by atoms with van der Waals surface area (Å²) in [6.45, 7) is 6.80. The molecule has 0 radical (unpaired) electrons. The van der Waals surface area contributed by atoms with Gasteiger partial charge in [0.05, 0.1) is 16.6 Å². The van der Waals surface area contributed by atoms with E-state index in [1.807, 2.05) is 0 Å². The fourth-order valence-electron chi connectivity index (χ4n) is 2.37. The van der Waals surface area contributed by atoms with Gasteiger partial charge < -0.3 is 5.32 Å². The lowest BCUT2D eigenvalue weighted by atomic mass is 10.0. The molecule has 1 aromatic carbocycles. The summed E-state index contributed by atoms with van der Waals surface area (Å²) in [5.41, 5.74) is 0.689. The molecule has 26 heavy (non-hydrogen) atoms. The normalized spacial score (nSPS) is 14.2. The number of hydrogen-bond acceptors (Lipinski definition) is 5. The van der Waals surface area contributed by atoms with E-state index < -0.39 is 10.0 Å². The lowest BCUT2D eigenvalue weighted by Crippen LogP contribution is -2.28. The fraction of sp³-hybridized carbons (Fsp3) is 0.500. The molecule has 1 aromatic heterocycles. The predicted molar refractivity (Wildman–Crippen MR) is 104 cm³/mol. The predicted octanol–water partition coefficient (Wildman–Crippen LogP) is 3.41. The second-order valence-electron chi connectivity index (χ2n) is 6.14. The second kappa shape index (κ2) is 9.03. The van der Waals surface area contributed by atoms with Crippen molar-refractivity contribution in [1.29, 1.82) is 0 Å². The molecule has 0 saturated heterocycles. The molecule has 0 aliphatic carbocycles. The van der Waals surface area contributed by atoms with E-state index >= 15 is 0 Å². The highest BCUT2D eigenvalue weighted by Crippen LogP contribution is 2.33. The Kier molecular flexibility index (Phi) is 7.28. The SMILES string of the molecule is CCC(C)C(C)Nc1cc(Cl)c(S(=O)(=O)NCCn2cncn2)c(Cl)c1. The van der Waals surface area contributed by atoms with Crippen LogP contribution in [0.1, 0.15) is 27.2 Å². The van der Waals surface area contributed by atoms with Gasteiger partial charge >= 0.3 is 0 Å². The van der Waals surface area contributed by atoms with Crippen molar-refractivity contribution >= 4 is 38.9 Å². The van der Waals surface area contributed by atoms with E-state index in [1.54, 1.807) is 12.1 Å². The van der Waals surface area contributed by atoms with Crippen LogP contribution in [0, 0.1) is 5.92 Å². The third-order valence-corrected chi connectivity index (χ3v) is 6.64. The van der Waals surface area contributed by atoms with E-state index in [0.29, 0.717) is 18.2 Å². The van der Waals surface area contributed by atoms with Crippen molar-refractivity contribution in [2.75, 3.05) is 11.9 Å². The Bertz CT molecular complexity index is 804. The van der Waals surface area contributed by atoms with Crippen LogP contribution in [0.4, 0.5) is 5.69 Å². The smallest absolute Gasteiger partial charge is 0.243 e. The molecule has 10 heteroatoms. The molecule has 2 rings (SSSR count). The molecule has 0 aliphatic rings. The Balaban J connectivity index is 2.12. The standard InChI is InChI=1S/C16H23Cl2N5O2S/c1-4-11(2)12(3)22-13-7-14(17)16(15(18)8-13)26(24,25)21-5-6-23-10-19-9-20-23/h7-12,21-22H,4-6H2,1-3H3. The molecular formula is C16H23Cl2N5O2S. The van der Waals surface area contributed by atoms with Crippen LogP contribution in [0.15, 0.2) is 29.7 Å². The van der Waals surface area contributed by atoms with Crippen molar-refractivity contribution in [1.82, 2.24) is 19.5 Å².